The minimum absolute atomic E-state index is 0.261. The maximum atomic E-state index is 12.9. The van der Waals surface area contributed by atoms with Crippen molar-refractivity contribution >= 4 is 22.9 Å². The fourth-order valence-electron chi connectivity index (χ4n) is 3.90. The number of hydrogen-bond acceptors (Lipinski definition) is 5. The Bertz CT molecular complexity index is 1140. The molecule has 2 heterocycles. The molecule has 0 spiro atoms. The van der Waals surface area contributed by atoms with Crippen molar-refractivity contribution < 1.29 is 14.3 Å². The summed E-state index contributed by atoms with van der Waals surface area (Å²) >= 11 is 0. The quantitative estimate of drug-likeness (QED) is 0.775. The second kappa shape index (κ2) is 7.86. The average molecular weight is 431 g/mol. The van der Waals surface area contributed by atoms with Crippen LogP contribution in [-0.2, 0) is 11.3 Å². The number of carbonyl (C=O) groups excluding carboxylic acids is 2. The van der Waals surface area contributed by atoms with Gasteiger partial charge in [-0.1, -0.05) is 0 Å². The van der Waals surface area contributed by atoms with Gasteiger partial charge in [-0.2, -0.15) is 0 Å². The van der Waals surface area contributed by atoms with Crippen molar-refractivity contribution in [2.45, 2.75) is 71.7 Å². The van der Waals surface area contributed by atoms with Gasteiger partial charge in [0.1, 0.15) is 5.60 Å². The number of fused-ring (bicyclic) bond motifs is 1. The fraction of sp³-hybridized carbons (Fsp3) is 0.545. The van der Waals surface area contributed by atoms with Crippen molar-refractivity contribution in [1.82, 2.24) is 19.8 Å². The summed E-state index contributed by atoms with van der Waals surface area (Å²) in [4.78, 5) is 54.3. The van der Waals surface area contributed by atoms with Gasteiger partial charge >= 0.3 is 11.8 Å². The van der Waals surface area contributed by atoms with E-state index in [1.54, 1.807) is 24.0 Å². The van der Waals surface area contributed by atoms with Gasteiger partial charge in [0.15, 0.2) is 0 Å². The number of likely N-dealkylation sites (tertiary alicyclic amines) is 1. The lowest BCUT2D eigenvalue weighted by Gasteiger charge is -2.37. The molecule has 1 aliphatic rings. The van der Waals surface area contributed by atoms with E-state index in [0.29, 0.717) is 29.4 Å². The van der Waals surface area contributed by atoms with Crippen LogP contribution in [0.15, 0.2) is 27.8 Å². The number of ether oxygens (including phenoxy) is 1. The molecule has 0 saturated carbocycles. The van der Waals surface area contributed by atoms with Crippen LogP contribution in [-0.4, -0.2) is 50.2 Å². The molecule has 0 radical (unpaired) electrons. The van der Waals surface area contributed by atoms with E-state index in [0.717, 1.165) is 4.57 Å². The molecule has 0 aliphatic carbocycles. The number of carbonyl (C=O) groups is 2. The number of aromatic amines is 1. The van der Waals surface area contributed by atoms with Gasteiger partial charge in [0.25, 0.3) is 11.5 Å². The van der Waals surface area contributed by atoms with Crippen molar-refractivity contribution in [1.29, 1.82) is 0 Å². The van der Waals surface area contributed by atoms with Crippen molar-refractivity contribution in [3.05, 3.63) is 44.6 Å². The minimum atomic E-state index is -0.641. The highest BCUT2D eigenvalue weighted by Crippen LogP contribution is 2.31. The maximum absolute atomic E-state index is 12.9. The molecule has 1 aliphatic heterocycles. The van der Waals surface area contributed by atoms with Gasteiger partial charge in [0, 0.05) is 18.7 Å². The number of benzene rings is 1. The molecule has 3 rings (SSSR count). The van der Waals surface area contributed by atoms with E-state index < -0.39 is 28.5 Å². The summed E-state index contributed by atoms with van der Waals surface area (Å²) in [6, 6.07) is 4.32. The van der Waals surface area contributed by atoms with E-state index in [1.165, 1.54) is 6.07 Å². The molecule has 1 aromatic heterocycles. The SMILES string of the molecule is CCn1c(=O)[nH]c2cc(C(=O)NC3CCN(C(=O)OC(C)(C)C)C3(C)C)ccc2c1=O. The molecular formula is C22H30N4O5. The zero-order chi connectivity index (χ0) is 23.1. The summed E-state index contributed by atoms with van der Waals surface area (Å²) in [5, 5.41) is 3.33. The fourth-order valence-corrected chi connectivity index (χ4v) is 3.90. The van der Waals surface area contributed by atoms with Crippen LogP contribution in [0.2, 0.25) is 0 Å². The summed E-state index contributed by atoms with van der Waals surface area (Å²) in [5.74, 6) is -0.341. The Morgan fingerprint density at radius 2 is 1.94 bits per heavy atom. The van der Waals surface area contributed by atoms with Crippen LogP contribution in [0.4, 0.5) is 4.79 Å². The van der Waals surface area contributed by atoms with E-state index in [-0.39, 0.29) is 18.5 Å². The molecule has 9 nitrogen and oxygen atoms in total. The highest BCUT2D eigenvalue weighted by Gasteiger charge is 2.46. The van der Waals surface area contributed by atoms with Crippen LogP contribution in [0.5, 0.6) is 0 Å². The zero-order valence-corrected chi connectivity index (χ0v) is 18.9. The lowest BCUT2D eigenvalue weighted by Crippen LogP contribution is -2.54. The Kier molecular flexibility index (Phi) is 5.73. The van der Waals surface area contributed by atoms with Gasteiger partial charge in [-0.3, -0.25) is 14.2 Å². The van der Waals surface area contributed by atoms with Gasteiger partial charge in [0.05, 0.1) is 22.5 Å². The highest BCUT2D eigenvalue weighted by molar-refractivity contribution is 5.98. The third kappa shape index (κ3) is 4.35. The van der Waals surface area contributed by atoms with Crippen molar-refractivity contribution in [3.63, 3.8) is 0 Å². The second-order valence-corrected chi connectivity index (χ2v) is 9.34. The van der Waals surface area contributed by atoms with E-state index >= 15 is 0 Å². The van der Waals surface area contributed by atoms with Gasteiger partial charge in [-0.05, 0) is 66.2 Å². The molecule has 168 valence electrons. The van der Waals surface area contributed by atoms with Crippen LogP contribution < -0.4 is 16.6 Å². The molecule has 1 atom stereocenters. The van der Waals surface area contributed by atoms with Crippen LogP contribution in [0, 0.1) is 0 Å². The van der Waals surface area contributed by atoms with Gasteiger partial charge < -0.3 is 19.9 Å². The molecule has 1 fully saturated rings. The summed E-state index contributed by atoms with van der Waals surface area (Å²) in [7, 11) is 0. The summed E-state index contributed by atoms with van der Waals surface area (Å²) < 4.78 is 6.60. The van der Waals surface area contributed by atoms with E-state index in [9.17, 15) is 19.2 Å². The molecule has 1 aromatic carbocycles. The van der Waals surface area contributed by atoms with E-state index in [1.807, 2.05) is 34.6 Å². The molecule has 2 aromatic rings. The Morgan fingerprint density at radius 1 is 1.26 bits per heavy atom. The number of nitrogens with one attached hydrogen (secondary N) is 2. The highest BCUT2D eigenvalue weighted by atomic mass is 16.6. The largest absolute Gasteiger partial charge is 0.444 e. The van der Waals surface area contributed by atoms with Gasteiger partial charge in [-0.15, -0.1) is 0 Å². The lowest BCUT2D eigenvalue weighted by atomic mass is 9.95. The monoisotopic (exact) mass is 430 g/mol. The number of nitrogens with zero attached hydrogens (tertiary/aromatic N) is 2. The minimum Gasteiger partial charge on any atom is -0.444 e. The number of rotatable bonds is 3. The first-order valence-electron chi connectivity index (χ1n) is 10.4. The molecular weight excluding hydrogens is 400 g/mol. The van der Waals surface area contributed by atoms with Crippen LogP contribution >= 0.6 is 0 Å². The van der Waals surface area contributed by atoms with Crippen molar-refractivity contribution in [2.24, 2.45) is 0 Å². The van der Waals surface area contributed by atoms with Crippen molar-refractivity contribution in [3.8, 4) is 0 Å². The third-order valence-corrected chi connectivity index (χ3v) is 5.67. The first kappa shape index (κ1) is 22.6. The van der Waals surface area contributed by atoms with Crippen LogP contribution in [0.25, 0.3) is 10.9 Å². The number of hydrogen-bond donors (Lipinski definition) is 2. The Morgan fingerprint density at radius 3 is 2.55 bits per heavy atom. The summed E-state index contributed by atoms with van der Waals surface area (Å²) in [5.41, 5.74) is -1.51. The van der Waals surface area contributed by atoms with Crippen LogP contribution in [0.3, 0.4) is 0 Å². The zero-order valence-electron chi connectivity index (χ0n) is 18.9. The summed E-state index contributed by atoms with van der Waals surface area (Å²) in [6.07, 6.45) is 0.175. The lowest BCUT2D eigenvalue weighted by molar-refractivity contribution is 0.0108. The van der Waals surface area contributed by atoms with Crippen molar-refractivity contribution in [2.75, 3.05) is 6.54 Å². The standard InChI is InChI=1S/C22H30N4O5/c1-7-25-18(28)14-9-8-13(12-15(14)23-19(25)29)17(27)24-16-10-11-26(22(16,5)6)20(30)31-21(2,3)4/h8-9,12,16H,7,10-11H2,1-6H3,(H,23,29)(H,24,27). The topological polar surface area (TPSA) is 114 Å². The Labute approximate surface area is 180 Å². The van der Waals surface area contributed by atoms with Gasteiger partial charge in [-0.25, -0.2) is 9.59 Å². The summed E-state index contributed by atoms with van der Waals surface area (Å²) in [6.45, 7) is 11.7. The molecule has 1 unspecified atom stereocenters. The molecule has 0 bridgehead atoms. The number of H-pyrrole nitrogens is 1. The molecule has 1 saturated heterocycles. The Balaban J connectivity index is 1.81. The van der Waals surface area contributed by atoms with E-state index in [4.69, 9.17) is 4.74 Å². The second-order valence-electron chi connectivity index (χ2n) is 9.34. The molecule has 9 heteroatoms. The molecule has 2 N–H and O–H groups in total. The van der Waals surface area contributed by atoms with Crippen LogP contribution in [0.1, 0.15) is 58.3 Å². The Hall–Kier alpha value is -3.10. The maximum Gasteiger partial charge on any atom is 0.410 e. The molecule has 31 heavy (non-hydrogen) atoms. The third-order valence-electron chi connectivity index (χ3n) is 5.67. The predicted molar refractivity (Wildman–Crippen MR) is 117 cm³/mol. The van der Waals surface area contributed by atoms with E-state index in [2.05, 4.69) is 10.3 Å². The number of aromatic nitrogens is 2. The smallest absolute Gasteiger partial charge is 0.410 e. The first-order valence-corrected chi connectivity index (χ1v) is 10.4. The molecule has 2 amide bonds. The first-order chi connectivity index (χ1) is 14.3. The van der Waals surface area contributed by atoms with Gasteiger partial charge in [0.2, 0.25) is 0 Å². The normalized spacial score (nSPS) is 18.3. The average Bonchev–Trinajstić information content (AvgIpc) is 2.94. The predicted octanol–water partition coefficient (Wildman–Crippen LogP) is 2.23. The number of amides is 2.